The SMILES string of the molecule is CN1CCN(Cc2cc(-c3ccncc3)c(-c3ccc4c(c3)CCC4=NO)o2)CC1. The fourth-order valence-electron chi connectivity index (χ4n) is 4.42. The molecule has 154 valence electrons. The number of fused-ring (bicyclic) bond motifs is 1. The third-order valence-electron chi connectivity index (χ3n) is 6.18. The molecule has 0 atom stereocenters. The average Bonchev–Trinajstić information content (AvgIpc) is 3.39. The topological polar surface area (TPSA) is 65.1 Å². The highest BCUT2D eigenvalue weighted by Gasteiger charge is 2.22. The van der Waals surface area contributed by atoms with Crippen molar-refractivity contribution in [2.24, 2.45) is 5.16 Å². The van der Waals surface area contributed by atoms with Crippen LogP contribution in [-0.2, 0) is 13.0 Å². The predicted octanol–water partition coefficient (Wildman–Crippen LogP) is 3.88. The second kappa shape index (κ2) is 8.05. The number of pyridine rings is 1. The van der Waals surface area contributed by atoms with Crippen LogP contribution in [-0.4, -0.2) is 58.9 Å². The van der Waals surface area contributed by atoms with Gasteiger partial charge in [-0.2, -0.15) is 0 Å². The molecule has 1 aliphatic heterocycles. The Balaban J connectivity index is 1.51. The molecule has 0 amide bonds. The minimum absolute atomic E-state index is 0.765. The van der Waals surface area contributed by atoms with E-state index < -0.39 is 0 Å². The van der Waals surface area contributed by atoms with E-state index in [-0.39, 0.29) is 0 Å². The highest BCUT2D eigenvalue weighted by Crippen LogP contribution is 2.37. The first kappa shape index (κ1) is 19.0. The van der Waals surface area contributed by atoms with Gasteiger partial charge in [0.15, 0.2) is 0 Å². The zero-order chi connectivity index (χ0) is 20.5. The van der Waals surface area contributed by atoms with E-state index in [0.717, 1.165) is 85.1 Å². The van der Waals surface area contributed by atoms with Gasteiger partial charge in [-0.05, 0) is 55.3 Å². The number of nitrogens with zero attached hydrogens (tertiary/aromatic N) is 4. The molecule has 0 saturated carbocycles. The second-order valence-electron chi connectivity index (χ2n) is 8.19. The number of hydrogen-bond donors (Lipinski definition) is 1. The van der Waals surface area contributed by atoms with Gasteiger partial charge in [0.2, 0.25) is 0 Å². The van der Waals surface area contributed by atoms with Crippen molar-refractivity contribution in [2.75, 3.05) is 33.2 Å². The van der Waals surface area contributed by atoms with Gasteiger partial charge in [0.05, 0.1) is 12.3 Å². The molecule has 3 heterocycles. The van der Waals surface area contributed by atoms with Crippen LogP contribution in [0.4, 0.5) is 0 Å². The van der Waals surface area contributed by atoms with E-state index in [0.29, 0.717) is 0 Å². The van der Waals surface area contributed by atoms with Gasteiger partial charge in [-0.25, -0.2) is 0 Å². The lowest BCUT2D eigenvalue weighted by Crippen LogP contribution is -2.43. The maximum atomic E-state index is 9.22. The van der Waals surface area contributed by atoms with E-state index in [2.05, 4.69) is 45.2 Å². The summed E-state index contributed by atoms with van der Waals surface area (Å²) in [7, 11) is 2.17. The van der Waals surface area contributed by atoms with Gasteiger partial charge in [0, 0.05) is 55.3 Å². The highest BCUT2D eigenvalue weighted by molar-refractivity contribution is 6.04. The number of rotatable bonds is 4. The first-order chi connectivity index (χ1) is 14.7. The van der Waals surface area contributed by atoms with Crippen LogP contribution < -0.4 is 0 Å². The first-order valence-corrected chi connectivity index (χ1v) is 10.5. The van der Waals surface area contributed by atoms with Gasteiger partial charge >= 0.3 is 0 Å². The molecule has 0 unspecified atom stereocenters. The van der Waals surface area contributed by atoms with Crippen molar-refractivity contribution in [3.8, 4) is 22.5 Å². The molecule has 2 aliphatic rings. The molecule has 0 bridgehead atoms. The lowest BCUT2D eigenvalue weighted by molar-refractivity contribution is 0.140. The van der Waals surface area contributed by atoms with Crippen molar-refractivity contribution >= 4 is 5.71 Å². The molecule has 1 N–H and O–H groups in total. The lowest BCUT2D eigenvalue weighted by Gasteiger charge is -2.31. The fourth-order valence-corrected chi connectivity index (χ4v) is 4.42. The molecule has 6 nitrogen and oxygen atoms in total. The Labute approximate surface area is 176 Å². The Hall–Kier alpha value is -2.96. The molecule has 0 spiro atoms. The van der Waals surface area contributed by atoms with Crippen LogP contribution >= 0.6 is 0 Å². The molecule has 0 radical (unpaired) electrons. The Bertz CT molecular complexity index is 1070. The molecular formula is C24H26N4O2. The maximum absolute atomic E-state index is 9.22. The van der Waals surface area contributed by atoms with E-state index in [9.17, 15) is 5.21 Å². The zero-order valence-electron chi connectivity index (χ0n) is 17.2. The number of oxime groups is 1. The molecule has 6 heteroatoms. The summed E-state index contributed by atoms with van der Waals surface area (Å²) >= 11 is 0. The molecule has 5 rings (SSSR count). The van der Waals surface area contributed by atoms with Crippen molar-refractivity contribution in [3.63, 3.8) is 0 Å². The van der Waals surface area contributed by atoms with E-state index >= 15 is 0 Å². The third kappa shape index (κ3) is 3.64. The standard InChI is InChI=1S/C24H26N4O2/c1-27-10-12-28(13-11-27)16-20-15-22(17-6-8-25-9-7-17)24(30-20)19-2-4-21-18(14-19)3-5-23(21)26-29/h2,4,6-9,14-15,29H,3,5,10-13,16H2,1H3. The number of piperazine rings is 1. The quantitative estimate of drug-likeness (QED) is 0.530. The Morgan fingerprint density at radius 2 is 1.77 bits per heavy atom. The molecule has 1 saturated heterocycles. The summed E-state index contributed by atoms with van der Waals surface area (Å²) in [6.07, 6.45) is 5.30. The summed E-state index contributed by atoms with van der Waals surface area (Å²) in [6, 6.07) is 12.5. The Kier molecular flexibility index (Phi) is 5.11. The van der Waals surface area contributed by atoms with Crippen LogP contribution in [0.1, 0.15) is 23.3 Å². The van der Waals surface area contributed by atoms with Gasteiger partial charge in [-0.15, -0.1) is 0 Å². The van der Waals surface area contributed by atoms with Gasteiger partial charge in [-0.3, -0.25) is 9.88 Å². The average molecular weight is 402 g/mol. The van der Waals surface area contributed by atoms with E-state index in [1.54, 1.807) is 0 Å². The number of likely N-dealkylation sites (N-methyl/N-ethyl adjacent to an activating group) is 1. The van der Waals surface area contributed by atoms with Crippen LogP contribution in [0.25, 0.3) is 22.5 Å². The van der Waals surface area contributed by atoms with E-state index in [4.69, 9.17) is 4.42 Å². The van der Waals surface area contributed by atoms with Crippen molar-refractivity contribution in [1.29, 1.82) is 0 Å². The number of aromatic nitrogens is 1. The summed E-state index contributed by atoms with van der Waals surface area (Å²) in [5.74, 6) is 1.88. The number of aryl methyl sites for hydroxylation is 1. The summed E-state index contributed by atoms with van der Waals surface area (Å²) in [4.78, 5) is 8.98. The second-order valence-corrected chi connectivity index (χ2v) is 8.19. The molecule has 1 fully saturated rings. The van der Waals surface area contributed by atoms with E-state index in [1.165, 1.54) is 5.56 Å². The molecule has 2 aromatic heterocycles. The predicted molar refractivity (Wildman–Crippen MR) is 117 cm³/mol. The summed E-state index contributed by atoms with van der Waals surface area (Å²) in [5.41, 5.74) is 6.27. The largest absolute Gasteiger partial charge is 0.459 e. The number of hydrogen-bond acceptors (Lipinski definition) is 6. The summed E-state index contributed by atoms with van der Waals surface area (Å²) in [6.45, 7) is 5.10. The highest BCUT2D eigenvalue weighted by atomic mass is 16.4. The number of furan rings is 1. The first-order valence-electron chi connectivity index (χ1n) is 10.5. The van der Waals surface area contributed by atoms with Crippen LogP contribution in [0.15, 0.2) is 58.4 Å². The van der Waals surface area contributed by atoms with Gasteiger partial charge < -0.3 is 14.5 Å². The molecule has 1 aliphatic carbocycles. The Morgan fingerprint density at radius 1 is 0.967 bits per heavy atom. The van der Waals surface area contributed by atoms with Gasteiger partial charge in [-0.1, -0.05) is 17.3 Å². The summed E-state index contributed by atoms with van der Waals surface area (Å²) < 4.78 is 6.44. The maximum Gasteiger partial charge on any atom is 0.142 e. The van der Waals surface area contributed by atoms with E-state index in [1.807, 2.05) is 30.6 Å². The monoisotopic (exact) mass is 402 g/mol. The van der Waals surface area contributed by atoms with Crippen molar-refractivity contribution in [1.82, 2.24) is 14.8 Å². The third-order valence-corrected chi connectivity index (χ3v) is 6.18. The summed E-state index contributed by atoms with van der Waals surface area (Å²) in [5, 5.41) is 12.7. The molecular weight excluding hydrogens is 376 g/mol. The normalized spacial score (nSPS) is 18.8. The minimum atomic E-state index is 0.765. The number of benzene rings is 1. The van der Waals surface area contributed by atoms with Crippen molar-refractivity contribution in [3.05, 3.63) is 65.7 Å². The van der Waals surface area contributed by atoms with Crippen molar-refractivity contribution in [2.45, 2.75) is 19.4 Å². The molecule has 1 aromatic carbocycles. The Morgan fingerprint density at radius 3 is 2.53 bits per heavy atom. The molecule has 30 heavy (non-hydrogen) atoms. The van der Waals surface area contributed by atoms with Gasteiger partial charge in [0.1, 0.15) is 11.5 Å². The van der Waals surface area contributed by atoms with Crippen LogP contribution in [0.3, 0.4) is 0 Å². The van der Waals surface area contributed by atoms with Crippen LogP contribution in [0.5, 0.6) is 0 Å². The lowest BCUT2D eigenvalue weighted by atomic mass is 9.99. The van der Waals surface area contributed by atoms with Crippen molar-refractivity contribution < 1.29 is 9.62 Å². The molecule has 3 aromatic rings. The zero-order valence-corrected chi connectivity index (χ0v) is 17.2. The van der Waals surface area contributed by atoms with Crippen LogP contribution in [0, 0.1) is 0 Å². The minimum Gasteiger partial charge on any atom is -0.459 e. The fraction of sp³-hybridized carbons (Fsp3) is 0.333. The van der Waals surface area contributed by atoms with Gasteiger partial charge in [0.25, 0.3) is 0 Å². The smallest absolute Gasteiger partial charge is 0.142 e. The van der Waals surface area contributed by atoms with Crippen LogP contribution in [0.2, 0.25) is 0 Å².